The van der Waals surface area contributed by atoms with E-state index in [-0.39, 0.29) is 23.4 Å². The van der Waals surface area contributed by atoms with Crippen LogP contribution in [-0.2, 0) is 6.54 Å². The first-order valence-corrected chi connectivity index (χ1v) is 8.37. The number of anilines is 1. The fourth-order valence-electron chi connectivity index (χ4n) is 2.48. The molecule has 0 saturated heterocycles. The number of carbonyl (C=O) groups is 1. The van der Waals surface area contributed by atoms with Crippen LogP contribution in [0.15, 0.2) is 53.7 Å². The predicted octanol–water partition coefficient (Wildman–Crippen LogP) is 2.87. The maximum absolute atomic E-state index is 12.7. The highest BCUT2D eigenvalue weighted by atomic mass is 16.5. The first-order chi connectivity index (χ1) is 14.1. The van der Waals surface area contributed by atoms with Crippen LogP contribution in [-0.4, -0.2) is 20.1 Å². The number of nitrogens with one attached hydrogen (secondary N) is 2. The Bertz CT molecular complexity index is 1050. The van der Waals surface area contributed by atoms with E-state index in [0.717, 1.165) is 5.56 Å². The second-order valence-electron chi connectivity index (χ2n) is 5.63. The van der Waals surface area contributed by atoms with Crippen molar-refractivity contribution >= 4 is 11.6 Å². The summed E-state index contributed by atoms with van der Waals surface area (Å²) in [6.45, 7) is 0.232. The molecule has 8 heteroatoms. The third-order valence-corrected chi connectivity index (χ3v) is 3.92. The zero-order valence-corrected chi connectivity index (χ0v) is 15.8. The summed E-state index contributed by atoms with van der Waals surface area (Å²) in [5.74, 6) is 0.736. The van der Waals surface area contributed by atoms with Crippen molar-refractivity contribution in [3.63, 3.8) is 0 Å². The molecule has 0 saturated carbocycles. The van der Waals surface area contributed by atoms with Crippen LogP contribution in [0.1, 0.15) is 15.9 Å². The fraction of sp³-hybridized carbons (Fsp3) is 0.143. The normalized spacial score (nSPS) is 9.21. The molecule has 2 N–H and O–H groups in total. The SMILES string of the molecule is COc1ccc(CNC(=O)c2ccccc2NC(C#N)=C(C#N)C#N)cc1OC. The van der Waals surface area contributed by atoms with Gasteiger partial charge in [-0.25, -0.2) is 0 Å². The average Bonchev–Trinajstić information content (AvgIpc) is 2.77. The molecule has 0 unspecified atom stereocenters. The van der Waals surface area contributed by atoms with Gasteiger partial charge in [-0.2, -0.15) is 15.8 Å². The number of para-hydroxylation sites is 1. The lowest BCUT2D eigenvalue weighted by atomic mass is 10.1. The predicted molar refractivity (Wildman–Crippen MR) is 105 cm³/mol. The lowest BCUT2D eigenvalue weighted by Gasteiger charge is -2.13. The molecule has 144 valence electrons. The molecule has 0 aliphatic heterocycles. The Hall–Kier alpha value is -4.48. The Labute approximate surface area is 168 Å². The Morgan fingerprint density at radius 1 is 0.966 bits per heavy atom. The molecule has 0 aromatic heterocycles. The molecule has 0 aliphatic rings. The van der Waals surface area contributed by atoms with Gasteiger partial charge in [-0.15, -0.1) is 0 Å². The smallest absolute Gasteiger partial charge is 0.253 e. The summed E-state index contributed by atoms with van der Waals surface area (Å²) in [5.41, 5.74) is 0.770. The average molecular weight is 387 g/mol. The van der Waals surface area contributed by atoms with Crippen LogP contribution < -0.4 is 20.1 Å². The molecule has 0 aliphatic carbocycles. The van der Waals surface area contributed by atoms with Gasteiger partial charge in [0.2, 0.25) is 0 Å². The van der Waals surface area contributed by atoms with Crippen molar-refractivity contribution in [3.8, 4) is 29.7 Å². The van der Waals surface area contributed by atoms with Gasteiger partial charge in [0.05, 0.1) is 25.5 Å². The number of benzene rings is 2. The molecule has 0 fully saturated rings. The van der Waals surface area contributed by atoms with Crippen LogP contribution in [0.4, 0.5) is 5.69 Å². The first kappa shape index (κ1) is 20.8. The van der Waals surface area contributed by atoms with Crippen LogP contribution in [0, 0.1) is 34.0 Å². The fourth-order valence-corrected chi connectivity index (χ4v) is 2.48. The highest BCUT2D eigenvalue weighted by Crippen LogP contribution is 2.27. The standard InChI is InChI=1S/C21H17N5O3/c1-28-19-8-7-14(9-20(19)29-2)13-25-21(27)16-5-3-4-6-17(16)26-18(12-24)15(10-22)11-23/h3-9,26H,13H2,1-2H3,(H,25,27). The van der Waals surface area contributed by atoms with Gasteiger partial charge in [0.1, 0.15) is 23.9 Å². The van der Waals surface area contributed by atoms with Gasteiger partial charge in [-0.05, 0) is 29.8 Å². The molecule has 0 radical (unpaired) electrons. The number of rotatable bonds is 7. The van der Waals surface area contributed by atoms with Gasteiger partial charge >= 0.3 is 0 Å². The zero-order chi connectivity index (χ0) is 21.2. The quantitative estimate of drug-likeness (QED) is 0.698. The third kappa shape index (κ3) is 5.03. The van der Waals surface area contributed by atoms with Crippen LogP contribution in [0.25, 0.3) is 0 Å². The molecular formula is C21H17N5O3. The third-order valence-electron chi connectivity index (χ3n) is 3.92. The Morgan fingerprint density at radius 2 is 1.66 bits per heavy atom. The number of ether oxygens (including phenoxy) is 2. The largest absolute Gasteiger partial charge is 0.493 e. The number of methoxy groups -OCH3 is 2. The van der Waals surface area contributed by atoms with E-state index >= 15 is 0 Å². The van der Waals surface area contributed by atoms with Crippen molar-refractivity contribution in [1.29, 1.82) is 15.8 Å². The molecule has 0 heterocycles. The number of hydrogen-bond acceptors (Lipinski definition) is 7. The summed E-state index contributed by atoms with van der Waals surface area (Å²) >= 11 is 0. The number of hydrogen-bond donors (Lipinski definition) is 2. The van der Waals surface area contributed by atoms with Crippen LogP contribution >= 0.6 is 0 Å². The number of carbonyl (C=O) groups excluding carboxylic acids is 1. The molecule has 2 aromatic rings. The van der Waals surface area contributed by atoms with E-state index in [1.54, 1.807) is 60.7 Å². The van der Waals surface area contributed by atoms with Gasteiger partial charge < -0.3 is 20.1 Å². The highest BCUT2D eigenvalue weighted by molar-refractivity contribution is 6.00. The minimum atomic E-state index is -0.393. The van der Waals surface area contributed by atoms with E-state index in [9.17, 15) is 10.1 Å². The summed E-state index contributed by atoms with van der Waals surface area (Å²) < 4.78 is 10.4. The van der Waals surface area contributed by atoms with Crippen molar-refractivity contribution in [2.45, 2.75) is 6.54 Å². The van der Waals surface area contributed by atoms with Crippen molar-refractivity contribution in [3.05, 3.63) is 64.9 Å². The monoisotopic (exact) mass is 387 g/mol. The van der Waals surface area contributed by atoms with E-state index in [0.29, 0.717) is 17.2 Å². The summed E-state index contributed by atoms with van der Waals surface area (Å²) in [4.78, 5) is 12.7. The van der Waals surface area contributed by atoms with E-state index in [1.165, 1.54) is 14.2 Å². The topological polar surface area (TPSA) is 131 Å². The highest BCUT2D eigenvalue weighted by Gasteiger charge is 2.14. The molecule has 0 bridgehead atoms. The lowest BCUT2D eigenvalue weighted by molar-refractivity contribution is 0.0951. The molecular weight excluding hydrogens is 370 g/mol. The van der Waals surface area contributed by atoms with Crippen molar-refractivity contribution in [2.75, 3.05) is 19.5 Å². The van der Waals surface area contributed by atoms with Crippen LogP contribution in [0.3, 0.4) is 0 Å². The Morgan fingerprint density at radius 3 is 2.28 bits per heavy atom. The molecule has 2 rings (SSSR count). The van der Waals surface area contributed by atoms with Gasteiger partial charge in [-0.1, -0.05) is 18.2 Å². The van der Waals surface area contributed by atoms with Crippen molar-refractivity contribution in [1.82, 2.24) is 5.32 Å². The van der Waals surface area contributed by atoms with E-state index in [4.69, 9.17) is 20.0 Å². The number of nitriles is 3. The number of amides is 1. The van der Waals surface area contributed by atoms with Crippen LogP contribution in [0.5, 0.6) is 11.5 Å². The maximum atomic E-state index is 12.7. The maximum Gasteiger partial charge on any atom is 0.253 e. The Kier molecular flexibility index (Phi) is 7.19. The first-order valence-electron chi connectivity index (χ1n) is 8.37. The summed E-state index contributed by atoms with van der Waals surface area (Å²) in [5, 5.41) is 32.6. The van der Waals surface area contributed by atoms with Crippen molar-refractivity contribution in [2.24, 2.45) is 0 Å². The minimum absolute atomic E-state index is 0.227. The number of nitrogens with zero attached hydrogens (tertiary/aromatic N) is 3. The minimum Gasteiger partial charge on any atom is -0.493 e. The van der Waals surface area contributed by atoms with Gasteiger partial charge in [0.15, 0.2) is 17.1 Å². The Balaban J connectivity index is 2.21. The molecule has 1 amide bonds. The summed E-state index contributed by atoms with van der Waals surface area (Å²) in [7, 11) is 3.07. The summed E-state index contributed by atoms with van der Waals surface area (Å²) in [6.07, 6.45) is 0. The molecule has 0 atom stereocenters. The molecule has 0 spiro atoms. The van der Waals surface area contributed by atoms with Gasteiger partial charge in [-0.3, -0.25) is 4.79 Å². The molecule has 8 nitrogen and oxygen atoms in total. The lowest BCUT2D eigenvalue weighted by Crippen LogP contribution is -2.24. The molecule has 2 aromatic carbocycles. The van der Waals surface area contributed by atoms with Gasteiger partial charge in [0.25, 0.3) is 5.91 Å². The van der Waals surface area contributed by atoms with E-state index in [1.807, 2.05) is 0 Å². The van der Waals surface area contributed by atoms with Crippen LogP contribution in [0.2, 0.25) is 0 Å². The second-order valence-corrected chi connectivity index (χ2v) is 5.63. The van der Waals surface area contributed by atoms with Crippen molar-refractivity contribution < 1.29 is 14.3 Å². The van der Waals surface area contributed by atoms with Gasteiger partial charge in [0, 0.05) is 6.54 Å². The summed E-state index contributed by atoms with van der Waals surface area (Å²) in [6, 6.07) is 16.8. The number of allylic oxidation sites excluding steroid dienone is 2. The van der Waals surface area contributed by atoms with E-state index in [2.05, 4.69) is 10.6 Å². The zero-order valence-electron chi connectivity index (χ0n) is 15.8. The van der Waals surface area contributed by atoms with E-state index < -0.39 is 5.91 Å². The second kappa shape index (κ2) is 10.0. The molecule has 29 heavy (non-hydrogen) atoms.